The van der Waals surface area contributed by atoms with Crippen LogP contribution in [0.5, 0.6) is 11.5 Å². The summed E-state index contributed by atoms with van der Waals surface area (Å²) in [6, 6.07) is 9.37. The van der Waals surface area contributed by atoms with Crippen LogP contribution in [0.3, 0.4) is 0 Å². The molecule has 7 heteroatoms. The molecule has 0 bridgehead atoms. The third-order valence-electron chi connectivity index (χ3n) is 4.47. The Labute approximate surface area is 167 Å². The first-order valence-corrected chi connectivity index (χ1v) is 9.54. The van der Waals surface area contributed by atoms with Crippen LogP contribution in [0.15, 0.2) is 42.5 Å². The Morgan fingerprint density at radius 1 is 1.07 bits per heavy atom. The summed E-state index contributed by atoms with van der Waals surface area (Å²) < 4.78 is 58.7. The lowest BCUT2D eigenvalue weighted by molar-refractivity contribution is -0.275. The first-order valence-electron chi connectivity index (χ1n) is 9.54. The van der Waals surface area contributed by atoms with Gasteiger partial charge in [-0.2, -0.15) is 0 Å². The second-order valence-corrected chi connectivity index (χ2v) is 7.01. The van der Waals surface area contributed by atoms with Gasteiger partial charge in [0.15, 0.2) is 11.6 Å². The molecule has 1 unspecified atom stereocenters. The van der Waals surface area contributed by atoms with Crippen molar-refractivity contribution in [1.29, 1.82) is 0 Å². The molecule has 2 aromatic rings. The summed E-state index contributed by atoms with van der Waals surface area (Å²) in [5, 5.41) is 0. The summed E-state index contributed by atoms with van der Waals surface area (Å²) in [6.07, 6.45) is 0.520. The number of ether oxygens (including phenoxy) is 2. The molecule has 0 saturated carbocycles. The minimum Gasteiger partial charge on any atom is -0.423 e. The van der Waals surface area contributed by atoms with E-state index in [2.05, 4.69) is 18.6 Å². The quantitative estimate of drug-likeness (QED) is 0.261. The lowest BCUT2D eigenvalue weighted by Gasteiger charge is -2.11. The summed E-state index contributed by atoms with van der Waals surface area (Å²) in [5.41, 5.74) is 1.37. The highest BCUT2D eigenvalue weighted by Crippen LogP contribution is 2.28. The molecule has 0 saturated heterocycles. The van der Waals surface area contributed by atoms with Crippen LogP contribution in [0.4, 0.5) is 17.6 Å². The third-order valence-corrected chi connectivity index (χ3v) is 4.47. The van der Waals surface area contributed by atoms with Crippen molar-refractivity contribution in [1.82, 2.24) is 0 Å². The van der Waals surface area contributed by atoms with E-state index < -0.39 is 23.9 Å². The maximum Gasteiger partial charge on any atom is 0.573 e. The largest absolute Gasteiger partial charge is 0.573 e. The Kier molecular flexibility index (Phi) is 8.05. The highest BCUT2D eigenvalue weighted by Gasteiger charge is 2.32. The van der Waals surface area contributed by atoms with Crippen LogP contribution in [-0.4, -0.2) is 12.3 Å². The first-order chi connectivity index (χ1) is 13.7. The van der Waals surface area contributed by atoms with Crippen LogP contribution in [0.1, 0.15) is 55.5 Å². The van der Waals surface area contributed by atoms with Crippen LogP contribution < -0.4 is 9.47 Å². The summed E-state index contributed by atoms with van der Waals surface area (Å²) in [6.45, 7) is 4.42. The van der Waals surface area contributed by atoms with E-state index in [-0.39, 0.29) is 11.3 Å². The van der Waals surface area contributed by atoms with Crippen molar-refractivity contribution in [3.63, 3.8) is 0 Å². The zero-order chi connectivity index (χ0) is 21.4. The Morgan fingerprint density at radius 2 is 1.76 bits per heavy atom. The van der Waals surface area contributed by atoms with E-state index in [4.69, 9.17) is 4.74 Å². The van der Waals surface area contributed by atoms with E-state index in [0.717, 1.165) is 37.0 Å². The zero-order valence-corrected chi connectivity index (χ0v) is 16.4. The average molecular weight is 412 g/mol. The molecule has 0 aliphatic carbocycles. The molecule has 3 nitrogen and oxygen atoms in total. The number of rotatable bonds is 9. The van der Waals surface area contributed by atoms with Gasteiger partial charge in [-0.05, 0) is 48.6 Å². The first kappa shape index (κ1) is 22.7. The lowest BCUT2D eigenvalue weighted by Crippen LogP contribution is -2.18. The Hall–Kier alpha value is -2.57. The van der Waals surface area contributed by atoms with Crippen molar-refractivity contribution in [2.75, 3.05) is 0 Å². The molecule has 0 aromatic heterocycles. The van der Waals surface area contributed by atoms with Crippen molar-refractivity contribution in [2.24, 2.45) is 5.92 Å². The molecule has 29 heavy (non-hydrogen) atoms. The number of aryl methyl sites for hydroxylation is 1. The van der Waals surface area contributed by atoms with Gasteiger partial charge in [0.1, 0.15) is 5.75 Å². The number of halogens is 4. The standard InChI is InChI=1S/C22H24F4O3/c1-3-5-15(2)6-4-7-16-8-10-17(11-9-16)21(27)28-18-12-13-20(19(23)14-18)29-22(24,25)26/h8-15H,3-7H2,1-2H3. The number of hydrogen-bond acceptors (Lipinski definition) is 3. The summed E-state index contributed by atoms with van der Waals surface area (Å²) >= 11 is 0. The van der Waals surface area contributed by atoms with Gasteiger partial charge in [-0.1, -0.05) is 45.2 Å². The topological polar surface area (TPSA) is 35.5 Å². The summed E-state index contributed by atoms with van der Waals surface area (Å²) in [5.74, 6) is -2.51. The molecule has 2 aromatic carbocycles. The zero-order valence-electron chi connectivity index (χ0n) is 16.4. The van der Waals surface area contributed by atoms with Crippen molar-refractivity contribution < 1.29 is 31.8 Å². The molecule has 158 valence electrons. The molecule has 0 heterocycles. The van der Waals surface area contributed by atoms with E-state index in [0.29, 0.717) is 12.0 Å². The smallest absolute Gasteiger partial charge is 0.423 e. The Bertz CT molecular complexity index is 801. The highest BCUT2D eigenvalue weighted by atomic mass is 19.4. The van der Waals surface area contributed by atoms with Gasteiger partial charge in [0.2, 0.25) is 0 Å². The normalized spacial score (nSPS) is 12.5. The molecule has 0 aliphatic rings. The average Bonchev–Trinajstić information content (AvgIpc) is 2.64. The van der Waals surface area contributed by atoms with E-state index in [1.54, 1.807) is 12.1 Å². The van der Waals surface area contributed by atoms with Gasteiger partial charge >= 0.3 is 12.3 Å². The van der Waals surface area contributed by atoms with Gasteiger partial charge in [-0.25, -0.2) is 9.18 Å². The minimum absolute atomic E-state index is 0.212. The Balaban J connectivity index is 1.91. The number of esters is 1. The fraction of sp³-hybridized carbons (Fsp3) is 0.409. The van der Waals surface area contributed by atoms with Gasteiger partial charge in [0.05, 0.1) is 5.56 Å². The minimum atomic E-state index is -5.01. The highest BCUT2D eigenvalue weighted by molar-refractivity contribution is 5.91. The number of hydrogen-bond donors (Lipinski definition) is 0. The van der Waals surface area contributed by atoms with E-state index in [1.165, 1.54) is 12.8 Å². The van der Waals surface area contributed by atoms with E-state index >= 15 is 0 Å². The molecule has 0 N–H and O–H groups in total. The van der Waals surface area contributed by atoms with Gasteiger partial charge in [-0.15, -0.1) is 13.2 Å². The maximum absolute atomic E-state index is 13.7. The van der Waals surface area contributed by atoms with Crippen molar-refractivity contribution in [2.45, 2.75) is 52.3 Å². The summed E-state index contributed by atoms with van der Waals surface area (Å²) in [4.78, 5) is 12.2. The molecule has 0 amide bonds. The van der Waals surface area contributed by atoms with Crippen molar-refractivity contribution in [3.05, 3.63) is 59.4 Å². The predicted molar refractivity (Wildman–Crippen MR) is 101 cm³/mol. The maximum atomic E-state index is 13.7. The molecule has 0 spiro atoms. The van der Waals surface area contributed by atoms with Gasteiger partial charge in [-0.3, -0.25) is 0 Å². The fourth-order valence-electron chi connectivity index (χ4n) is 3.02. The van der Waals surface area contributed by atoms with Crippen molar-refractivity contribution >= 4 is 5.97 Å². The number of carbonyl (C=O) groups excluding carboxylic acids is 1. The molecule has 0 aliphatic heterocycles. The number of benzene rings is 2. The predicted octanol–water partition coefficient (Wildman–Crippen LogP) is 6.70. The molecule has 2 rings (SSSR count). The van der Waals surface area contributed by atoms with Gasteiger partial charge in [0, 0.05) is 6.07 Å². The fourth-order valence-corrected chi connectivity index (χ4v) is 3.02. The molecule has 0 fully saturated rings. The van der Waals surface area contributed by atoms with Gasteiger partial charge < -0.3 is 9.47 Å². The second kappa shape index (κ2) is 10.3. The van der Waals surface area contributed by atoms with Crippen LogP contribution in [0, 0.1) is 11.7 Å². The summed E-state index contributed by atoms with van der Waals surface area (Å²) in [7, 11) is 0. The van der Waals surface area contributed by atoms with Crippen LogP contribution in [-0.2, 0) is 6.42 Å². The number of carbonyl (C=O) groups is 1. The van der Waals surface area contributed by atoms with Crippen LogP contribution in [0.25, 0.3) is 0 Å². The van der Waals surface area contributed by atoms with Crippen LogP contribution >= 0.6 is 0 Å². The molecular weight excluding hydrogens is 388 g/mol. The van der Waals surface area contributed by atoms with Crippen LogP contribution in [0.2, 0.25) is 0 Å². The second-order valence-electron chi connectivity index (χ2n) is 7.01. The molecule has 0 radical (unpaired) electrons. The molecular formula is C22H24F4O3. The van der Waals surface area contributed by atoms with E-state index in [1.807, 2.05) is 12.1 Å². The monoisotopic (exact) mass is 412 g/mol. The SMILES string of the molecule is CCCC(C)CCCc1ccc(C(=O)Oc2ccc(OC(F)(F)F)c(F)c2)cc1. The third kappa shape index (κ3) is 7.75. The van der Waals surface area contributed by atoms with E-state index in [9.17, 15) is 22.4 Å². The molecule has 1 atom stereocenters. The number of alkyl halides is 3. The van der Waals surface area contributed by atoms with Crippen molar-refractivity contribution in [3.8, 4) is 11.5 Å². The van der Waals surface area contributed by atoms with Gasteiger partial charge in [0.25, 0.3) is 0 Å². The Morgan fingerprint density at radius 3 is 2.34 bits per heavy atom. The lowest BCUT2D eigenvalue weighted by atomic mass is 9.97.